The van der Waals surface area contributed by atoms with Gasteiger partial charge in [0.1, 0.15) is 17.4 Å². The maximum Gasteiger partial charge on any atom is 0.142 e. The number of anilines is 1. The van der Waals surface area contributed by atoms with Crippen molar-refractivity contribution in [2.45, 2.75) is 39.0 Å². The summed E-state index contributed by atoms with van der Waals surface area (Å²) < 4.78 is 2.07. The van der Waals surface area contributed by atoms with Crippen LogP contribution < -0.4 is 4.90 Å². The van der Waals surface area contributed by atoms with Gasteiger partial charge in [0.25, 0.3) is 0 Å². The lowest BCUT2D eigenvalue weighted by Crippen LogP contribution is -2.36. The van der Waals surface area contributed by atoms with Crippen molar-refractivity contribution in [1.29, 1.82) is 0 Å². The van der Waals surface area contributed by atoms with Crippen LogP contribution in [-0.4, -0.2) is 33.4 Å². The fourth-order valence-electron chi connectivity index (χ4n) is 4.14. The number of imidazole rings is 1. The molecule has 152 valence electrons. The van der Waals surface area contributed by atoms with E-state index in [4.69, 9.17) is 16.6 Å². The Morgan fingerprint density at radius 1 is 1.24 bits per heavy atom. The number of hydrogen-bond acceptors (Lipinski definition) is 4. The number of carbonyl (C=O) groups excluding carboxylic acids is 1. The van der Waals surface area contributed by atoms with Crippen molar-refractivity contribution in [1.82, 2.24) is 14.5 Å². The van der Waals surface area contributed by atoms with E-state index >= 15 is 0 Å². The Morgan fingerprint density at radius 2 is 2.00 bits per heavy atom. The average Bonchev–Trinajstić information content (AvgIpc) is 3.09. The molecule has 3 aromatic rings. The molecule has 0 aliphatic carbocycles. The second-order valence-electron chi connectivity index (χ2n) is 7.84. The molecule has 5 nitrogen and oxygen atoms in total. The van der Waals surface area contributed by atoms with E-state index in [2.05, 4.69) is 27.4 Å². The van der Waals surface area contributed by atoms with Crippen LogP contribution >= 0.6 is 11.6 Å². The van der Waals surface area contributed by atoms with Crippen LogP contribution in [0.2, 0.25) is 5.02 Å². The molecule has 4 rings (SSSR count). The predicted octanol–water partition coefficient (Wildman–Crippen LogP) is 5.26. The molecule has 6 heteroatoms. The number of Topliss-reactive ketones (excluding diaryl/α,β-unsaturated/α-hetero) is 1. The zero-order valence-electron chi connectivity index (χ0n) is 17.1. The molecule has 0 N–H and O–H groups in total. The molecule has 1 aliphatic rings. The van der Waals surface area contributed by atoms with Crippen LogP contribution in [0.1, 0.15) is 39.0 Å². The summed E-state index contributed by atoms with van der Waals surface area (Å²) in [4.78, 5) is 23.9. The molecule has 1 aromatic carbocycles. The number of benzene rings is 1. The molecule has 0 atom stereocenters. The van der Waals surface area contributed by atoms with Crippen LogP contribution in [0.5, 0.6) is 0 Å². The van der Waals surface area contributed by atoms with Gasteiger partial charge in [-0.3, -0.25) is 4.79 Å². The number of pyridine rings is 1. The number of nitrogens with zero attached hydrogens (tertiary/aromatic N) is 4. The lowest BCUT2D eigenvalue weighted by atomic mass is 9.90. The summed E-state index contributed by atoms with van der Waals surface area (Å²) in [5, 5.41) is 0.594. The molecule has 29 heavy (non-hydrogen) atoms. The number of carbonyl (C=O) groups is 1. The summed E-state index contributed by atoms with van der Waals surface area (Å²) in [6, 6.07) is 10.1. The zero-order chi connectivity index (χ0) is 20.4. The zero-order valence-corrected chi connectivity index (χ0v) is 17.8. The summed E-state index contributed by atoms with van der Waals surface area (Å²) in [6.45, 7) is 3.82. The fraction of sp³-hybridized carbons (Fsp3) is 0.435. The molecule has 3 heterocycles. The molecule has 0 unspecified atom stereocenters. The Bertz CT molecular complexity index is 1020. The van der Waals surface area contributed by atoms with Gasteiger partial charge in [0.15, 0.2) is 0 Å². The highest BCUT2D eigenvalue weighted by molar-refractivity contribution is 6.33. The second kappa shape index (κ2) is 8.54. The first-order valence-electron chi connectivity index (χ1n) is 10.4. The van der Waals surface area contributed by atoms with Crippen LogP contribution in [0.25, 0.3) is 22.4 Å². The molecule has 1 fully saturated rings. The number of unbranched alkanes of at least 4 members (excludes halogenated alkanes) is 1. The van der Waals surface area contributed by atoms with Crippen molar-refractivity contribution in [2.24, 2.45) is 13.0 Å². The summed E-state index contributed by atoms with van der Waals surface area (Å²) in [5.41, 5.74) is 2.91. The third-order valence-corrected chi connectivity index (χ3v) is 6.22. The number of aryl methyl sites for hydroxylation is 1. The topological polar surface area (TPSA) is 51.0 Å². The Morgan fingerprint density at radius 3 is 2.72 bits per heavy atom. The number of piperidine rings is 1. The van der Waals surface area contributed by atoms with Crippen LogP contribution in [0.15, 0.2) is 36.5 Å². The molecule has 0 spiro atoms. The van der Waals surface area contributed by atoms with E-state index in [-0.39, 0.29) is 5.92 Å². The highest BCUT2D eigenvalue weighted by atomic mass is 35.5. The number of fused-ring (bicyclic) bond motifs is 1. The second-order valence-corrected chi connectivity index (χ2v) is 8.24. The SMILES string of the molecule is CCCCC(=O)C1CCN(c2cc(-c3nc4ccccc4n3C)c(Cl)cn2)CC1. The van der Waals surface area contributed by atoms with Gasteiger partial charge in [0.05, 0.1) is 16.1 Å². The van der Waals surface area contributed by atoms with Crippen molar-refractivity contribution in [3.05, 3.63) is 41.6 Å². The molecule has 1 saturated heterocycles. The van der Waals surface area contributed by atoms with E-state index in [0.717, 1.165) is 73.4 Å². The van der Waals surface area contributed by atoms with E-state index in [1.54, 1.807) is 6.20 Å². The third-order valence-electron chi connectivity index (χ3n) is 5.92. The Hall–Kier alpha value is -2.40. The Balaban J connectivity index is 1.55. The van der Waals surface area contributed by atoms with Crippen molar-refractivity contribution in [2.75, 3.05) is 18.0 Å². The van der Waals surface area contributed by atoms with Crippen molar-refractivity contribution >= 4 is 34.2 Å². The van der Waals surface area contributed by atoms with Gasteiger partial charge < -0.3 is 9.47 Å². The lowest BCUT2D eigenvalue weighted by Gasteiger charge is -2.32. The highest BCUT2D eigenvalue weighted by Gasteiger charge is 2.25. The van der Waals surface area contributed by atoms with E-state index < -0.39 is 0 Å². The normalized spacial score (nSPS) is 15.2. The van der Waals surface area contributed by atoms with E-state index in [9.17, 15) is 4.79 Å². The van der Waals surface area contributed by atoms with E-state index in [1.807, 2.05) is 31.3 Å². The molecule has 0 bridgehead atoms. The van der Waals surface area contributed by atoms with Gasteiger partial charge in [-0.15, -0.1) is 0 Å². The summed E-state index contributed by atoms with van der Waals surface area (Å²) >= 11 is 6.50. The number of rotatable bonds is 6. The summed E-state index contributed by atoms with van der Waals surface area (Å²) in [7, 11) is 2.01. The molecule has 0 amide bonds. The van der Waals surface area contributed by atoms with E-state index in [0.29, 0.717) is 10.8 Å². The van der Waals surface area contributed by atoms with Crippen LogP contribution in [-0.2, 0) is 11.8 Å². The molecular formula is C23H27ClN4O. The van der Waals surface area contributed by atoms with Gasteiger partial charge >= 0.3 is 0 Å². The smallest absolute Gasteiger partial charge is 0.142 e. The summed E-state index contributed by atoms with van der Waals surface area (Å²) in [6.07, 6.45) is 6.30. The Kier molecular flexibility index (Phi) is 5.86. The average molecular weight is 411 g/mol. The van der Waals surface area contributed by atoms with Crippen molar-refractivity contribution in [3.63, 3.8) is 0 Å². The minimum absolute atomic E-state index is 0.199. The van der Waals surface area contributed by atoms with Crippen LogP contribution in [0, 0.1) is 5.92 Å². The third kappa shape index (κ3) is 4.01. The van der Waals surface area contributed by atoms with Gasteiger partial charge in [-0.25, -0.2) is 9.97 Å². The number of halogens is 1. The number of ketones is 1. The van der Waals surface area contributed by atoms with Gasteiger partial charge in [-0.2, -0.15) is 0 Å². The molecular weight excluding hydrogens is 384 g/mol. The molecule has 0 radical (unpaired) electrons. The quantitative estimate of drug-likeness (QED) is 0.555. The monoisotopic (exact) mass is 410 g/mol. The van der Waals surface area contributed by atoms with Crippen LogP contribution in [0.4, 0.5) is 5.82 Å². The predicted molar refractivity (Wildman–Crippen MR) is 118 cm³/mol. The first kappa shape index (κ1) is 19.9. The van der Waals surface area contributed by atoms with Gasteiger partial charge in [0, 0.05) is 44.2 Å². The largest absolute Gasteiger partial charge is 0.357 e. The lowest BCUT2D eigenvalue weighted by molar-refractivity contribution is -0.123. The van der Waals surface area contributed by atoms with Crippen LogP contribution in [0.3, 0.4) is 0 Å². The standard InChI is InChI=1S/C23H27ClN4O/c1-3-4-9-21(29)16-10-12-28(13-11-16)22-14-17(18(24)15-25-22)23-26-19-7-5-6-8-20(19)27(23)2/h5-8,14-16H,3-4,9-13H2,1-2H3. The number of para-hydroxylation sites is 2. The summed E-state index contributed by atoms with van der Waals surface area (Å²) in [5.74, 6) is 2.36. The first-order chi connectivity index (χ1) is 14.1. The van der Waals surface area contributed by atoms with Gasteiger partial charge in [-0.05, 0) is 37.5 Å². The highest BCUT2D eigenvalue weighted by Crippen LogP contribution is 2.33. The minimum Gasteiger partial charge on any atom is -0.357 e. The molecule has 2 aromatic heterocycles. The molecule has 1 aliphatic heterocycles. The van der Waals surface area contributed by atoms with Crippen molar-refractivity contribution < 1.29 is 4.79 Å². The number of hydrogen-bond donors (Lipinski definition) is 0. The molecule has 0 saturated carbocycles. The van der Waals surface area contributed by atoms with Gasteiger partial charge in [0.2, 0.25) is 0 Å². The van der Waals surface area contributed by atoms with E-state index in [1.165, 1.54) is 0 Å². The van der Waals surface area contributed by atoms with Crippen molar-refractivity contribution in [3.8, 4) is 11.4 Å². The van der Waals surface area contributed by atoms with Gasteiger partial charge in [-0.1, -0.05) is 37.1 Å². The Labute approximate surface area is 176 Å². The maximum absolute atomic E-state index is 12.3. The number of aromatic nitrogens is 3. The minimum atomic E-state index is 0.199. The fourth-order valence-corrected chi connectivity index (χ4v) is 4.33. The maximum atomic E-state index is 12.3. The first-order valence-corrected chi connectivity index (χ1v) is 10.8.